The maximum Gasteiger partial charge on any atom is 0.253 e. The van der Waals surface area contributed by atoms with Crippen LogP contribution in [0.25, 0.3) is 0 Å². The first kappa shape index (κ1) is 19.3. The Morgan fingerprint density at radius 1 is 1.05 bits per heavy atom. The van der Waals surface area contributed by atoms with Crippen LogP contribution in [0.15, 0.2) is 0 Å². The van der Waals surface area contributed by atoms with Gasteiger partial charge in [-0.2, -0.15) is 0 Å². The zero-order valence-corrected chi connectivity index (χ0v) is 12.5. The highest BCUT2D eigenvalue weighted by Crippen LogP contribution is 2.08. The molecular weight excluding hydrogens is 262 g/mol. The maximum atomic E-state index is 11.8. The number of rotatable bonds is 11. The van der Waals surface area contributed by atoms with Crippen LogP contribution in [0.3, 0.4) is 0 Å². The lowest BCUT2D eigenvalue weighted by Gasteiger charge is -2.25. The molecule has 3 atom stereocenters. The minimum Gasteiger partial charge on any atom is -0.394 e. The molecule has 0 aliphatic heterocycles. The molecule has 0 fully saturated rings. The minimum atomic E-state index is -1.71. The summed E-state index contributed by atoms with van der Waals surface area (Å²) >= 11 is 0. The van der Waals surface area contributed by atoms with Crippen LogP contribution in [-0.4, -0.2) is 69.7 Å². The fraction of sp³-hybridized carbons (Fsp3) is 0.929. The van der Waals surface area contributed by atoms with Gasteiger partial charge in [0.15, 0.2) is 6.10 Å². The number of carbonyl (C=O) groups is 1. The van der Waals surface area contributed by atoms with Crippen molar-refractivity contribution in [1.29, 1.82) is 0 Å². The average Bonchev–Trinajstić information content (AvgIpc) is 2.47. The Bertz CT molecular complexity index is 262. The summed E-state index contributed by atoms with van der Waals surface area (Å²) < 4.78 is 0. The first-order valence-corrected chi connectivity index (χ1v) is 7.35. The van der Waals surface area contributed by atoms with E-state index in [2.05, 4.69) is 6.92 Å². The Morgan fingerprint density at radius 3 is 2.15 bits per heavy atom. The van der Waals surface area contributed by atoms with Crippen molar-refractivity contribution in [3.8, 4) is 0 Å². The minimum absolute atomic E-state index is 0.504. The standard InChI is InChI=1S/C14H29NO5/c1-3-4-5-6-7-8-9-15(2)14(20)13(19)12(18)11(17)10-16/h11-13,16-19H,3-10H2,1-2H3/t11-,12-,13+/m0/s1. The molecule has 0 unspecified atom stereocenters. The fourth-order valence-electron chi connectivity index (χ4n) is 1.93. The van der Waals surface area contributed by atoms with Crippen molar-refractivity contribution in [2.45, 2.75) is 63.8 Å². The molecule has 0 aromatic rings. The maximum absolute atomic E-state index is 11.8. The Hall–Kier alpha value is -0.690. The molecule has 6 heteroatoms. The van der Waals surface area contributed by atoms with Gasteiger partial charge in [-0.1, -0.05) is 39.0 Å². The first-order chi connectivity index (χ1) is 9.45. The van der Waals surface area contributed by atoms with Crippen LogP contribution in [0.1, 0.15) is 45.4 Å². The highest BCUT2D eigenvalue weighted by atomic mass is 16.4. The summed E-state index contributed by atoms with van der Waals surface area (Å²) in [7, 11) is 1.55. The highest BCUT2D eigenvalue weighted by Gasteiger charge is 2.31. The van der Waals surface area contributed by atoms with E-state index in [-0.39, 0.29) is 0 Å². The van der Waals surface area contributed by atoms with Crippen molar-refractivity contribution in [3.05, 3.63) is 0 Å². The van der Waals surface area contributed by atoms with Gasteiger partial charge in [0.25, 0.3) is 5.91 Å². The topological polar surface area (TPSA) is 101 Å². The Balaban J connectivity index is 3.96. The van der Waals surface area contributed by atoms with Crippen molar-refractivity contribution in [2.75, 3.05) is 20.2 Å². The van der Waals surface area contributed by atoms with E-state index in [0.29, 0.717) is 6.54 Å². The molecule has 0 saturated carbocycles. The van der Waals surface area contributed by atoms with Crippen molar-refractivity contribution in [3.63, 3.8) is 0 Å². The Kier molecular flexibility index (Phi) is 10.6. The molecule has 0 radical (unpaired) electrons. The summed E-state index contributed by atoms with van der Waals surface area (Å²) in [6.45, 7) is 1.95. The lowest BCUT2D eigenvalue weighted by molar-refractivity contribution is -0.151. The molecule has 0 aromatic heterocycles. The average molecular weight is 291 g/mol. The highest BCUT2D eigenvalue weighted by molar-refractivity contribution is 5.81. The molecule has 1 amide bonds. The smallest absolute Gasteiger partial charge is 0.253 e. The van der Waals surface area contributed by atoms with Crippen LogP contribution in [0.2, 0.25) is 0 Å². The number of carbonyl (C=O) groups excluding carboxylic acids is 1. The molecule has 0 aromatic carbocycles. The number of unbranched alkanes of at least 4 members (excludes halogenated alkanes) is 5. The molecule has 0 heterocycles. The van der Waals surface area contributed by atoms with Gasteiger partial charge in [-0.25, -0.2) is 0 Å². The van der Waals surface area contributed by atoms with E-state index in [0.717, 1.165) is 19.3 Å². The molecule has 6 nitrogen and oxygen atoms in total. The van der Waals surface area contributed by atoms with Crippen molar-refractivity contribution < 1.29 is 25.2 Å². The molecule has 0 saturated heterocycles. The van der Waals surface area contributed by atoms with E-state index in [1.54, 1.807) is 7.05 Å². The molecule has 0 aliphatic rings. The fourth-order valence-corrected chi connectivity index (χ4v) is 1.93. The van der Waals surface area contributed by atoms with Gasteiger partial charge in [-0.15, -0.1) is 0 Å². The van der Waals surface area contributed by atoms with Crippen LogP contribution in [0.4, 0.5) is 0 Å². The van der Waals surface area contributed by atoms with E-state index < -0.39 is 30.8 Å². The normalized spacial score (nSPS) is 15.7. The second-order valence-corrected chi connectivity index (χ2v) is 5.21. The molecular formula is C14H29NO5. The molecule has 0 bridgehead atoms. The largest absolute Gasteiger partial charge is 0.394 e. The summed E-state index contributed by atoms with van der Waals surface area (Å²) in [6.07, 6.45) is 1.71. The summed E-state index contributed by atoms with van der Waals surface area (Å²) in [5.74, 6) is -0.640. The zero-order chi connectivity index (χ0) is 15.5. The second-order valence-electron chi connectivity index (χ2n) is 5.21. The first-order valence-electron chi connectivity index (χ1n) is 7.35. The molecule has 0 rings (SSSR count). The molecule has 20 heavy (non-hydrogen) atoms. The SMILES string of the molecule is CCCCCCCCN(C)C(=O)[C@H](O)[C@@H](O)[C@@H](O)CO. The van der Waals surface area contributed by atoms with Crippen molar-refractivity contribution >= 4 is 5.91 Å². The van der Waals surface area contributed by atoms with Crippen LogP contribution in [0.5, 0.6) is 0 Å². The molecule has 0 aliphatic carbocycles. The van der Waals surface area contributed by atoms with Gasteiger partial charge in [-0.3, -0.25) is 4.79 Å². The van der Waals surface area contributed by atoms with Crippen molar-refractivity contribution in [1.82, 2.24) is 4.90 Å². The van der Waals surface area contributed by atoms with Gasteiger partial charge in [0, 0.05) is 13.6 Å². The predicted molar refractivity (Wildman–Crippen MR) is 76.1 cm³/mol. The Morgan fingerprint density at radius 2 is 1.60 bits per heavy atom. The lowest BCUT2D eigenvalue weighted by Crippen LogP contribution is -2.49. The van der Waals surface area contributed by atoms with E-state index in [1.807, 2.05) is 0 Å². The van der Waals surface area contributed by atoms with E-state index in [1.165, 1.54) is 24.2 Å². The number of aliphatic hydroxyl groups is 4. The van der Waals surface area contributed by atoms with Crippen LogP contribution < -0.4 is 0 Å². The number of amides is 1. The predicted octanol–water partition coefficient (Wildman–Crippen LogP) is -0.120. The number of likely N-dealkylation sites (N-methyl/N-ethyl adjacent to an activating group) is 1. The summed E-state index contributed by atoms with van der Waals surface area (Å²) in [4.78, 5) is 13.1. The van der Waals surface area contributed by atoms with Gasteiger partial charge < -0.3 is 25.3 Å². The van der Waals surface area contributed by atoms with Crippen molar-refractivity contribution in [2.24, 2.45) is 0 Å². The van der Waals surface area contributed by atoms with E-state index in [9.17, 15) is 20.1 Å². The van der Waals surface area contributed by atoms with Gasteiger partial charge in [0.05, 0.1) is 6.61 Å². The van der Waals surface area contributed by atoms with Crippen LogP contribution in [0, 0.1) is 0 Å². The van der Waals surface area contributed by atoms with E-state index >= 15 is 0 Å². The number of hydrogen-bond donors (Lipinski definition) is 4. The summed E-state index contributed by atoms with van der Waals surface area (Å²) in [5, 5.41) is 37.0. The number of aliphatic hydroxyl groups excluding tert-OH is 4. The summed E-state index contributed by atoms with van der Waals surface area (Å²) in [5.41, 5.74) is 0. The lowest BCUT2D eigenvalue weighted by atomic mass is 10.1. The van der Waals surface area contributed by atoms with Gasteiger partial charge >= 0.3 is 0 Å². The van der Waals surface area contributed by atoms with Crippen LogP contribution in [-0.2, 0) is 4.79 Å². The van der Waals surface area contributed by atoms with Gasteiger partial charge in [-0.05, 0) is 6.42 Å². The van der Waals surface area contributed by atoms with Gasteiger partial charge in [0.2, 0.25) is 0 Å². The zero-order valence-electron chi connectivity index (χ0n) is 12.5. The second kappa shape index (κ2) is 11.0. The number of hydrogen-bond acceptors (Lipinski definition) is 5. The molecule has 4 N–H and O–H groups in total. The monoisotopic (exact) mass is 291 g/mol. The molecule has 120 valence electrons. The quantitative estimate of drug-likeness (QED) is 0.398. The Labute approximate surface area is 121 Å². The molecule has 0 spiro atoms. The van der Waals surface area contributed by atoms with Gasteiger partial charge in [0.1, 0.15) is 12.2 Å². The number of nitrogens with zero attached hydrogens (tertiary/aromatic N) is 1. The van der Waals surface area contributed by atoms with Crippen LogP contribution >= 0.6 is 0 Å². The third-order valence-electron chi connectivity index (χ3n) is 3.38. The third-order valence-corrected chi connectivity index (χ3v) is 3.38. The van der Waals surface area contributed by atoms with E-state index in [4.69, 9.17) is 5.11 Å². The third kappa shape index (κ3) is 7.19. The summed E-state index contributed by atoms with van der Waals surface area (Å²) in [6, 6.07) is 0.